The maximum atomic E-state index is 13.7. The van der Waals surface area contributed by atoms with Crippen LogP contribution in [0.5, 0.6) is 0 Å². The normalized spacial score (nSPS) is 23.4. The number of hydrogen-bond donors (Lipinski definition) is 0. The van der Waals surface area contributed by atoms with E-state index >= 15 is 0 Å². The highest BCUT2D eigenvalue weighted by atomic mass is 127. The summed E-state index contributed by atoms with van der Waals surface area (Å²) in [5.41, 5.74) is 0.666. The molecule has 5 heteroatoms. The summed E-state index contributed by atoms with van der Waals surface area (Å²) >= 11 is 6.08. The first-order valence-corrected chi connectivity index (χ1v) is 8.01. The molecule has 2 heterocycles. The third-order valence-electron chi connectivity index (χ3n) is 4.64. The molecule has 2 fully saturated rings. The average molecular weight is 425 g/mol. The predicted molar refractivity (Wildman–Crippen MR) is 96.2 cm³/mol. The van der Waals surface area contributed by atoms with Crippen molar-refractivity contribution in [2.75, 3.05) is 32.7 Å². The van der Waals surface area contributed by atoms with Crippen LogP contribution in [0.4, 0.5) is 4.39 Å². The van der Waals surface area contributed by atoms with Crippen LogP contribution in [0.2, 0.25) is 5.02 Å². The molecule has 0 N–H and O–H groups in total. The van der Waals surface area contributed by atoms with Crippen molar-refractivity contribution in [3.8, 4) is 0 Å². The number of likely N-dealkylation sites (tertiary alicyclic amines) is 2. The smallest absolute Gasteiger partial charge is 0.127 e. The Balaban J connectivity index is 0.00000161. The molecule has 0 radical (unpaired) electrons. The summed E-state index contributed by atoms with van der Waals surface area (Å²) in [5, 5.41) is 0.556. The number of rotatable bonds is 4. The Bertz CT molecular complexity index is 445. The highest BCUT2D eigenvalue weighted by Crippen LogP contribution is 2.23. The quantitative estimate of drug-likeness (QED) is 0.678. The van der Waals surface area contributed by atoms with E-state index in [1.807, 2.05) is 0 Å². The number of benzene rings is 1. The Morgan fingerprint density at radius 3 is 2.67 bits per heavy atom. The van der Waals surface area contributed by atoms with Crippen LogP contribution in [-0.2, 0) is 6.42 Å². The maximum absolute atomic E-state index is 13.7. The van der Waals surface area contributed by atoms with Gasteiger partial charge in [-0.05, 0) is 57.5 Å². The molecule has 21 heavy (non-hydrogen) atoms. The van der Waals surface area contributed by atoms with Gasteiger partial charge in [0, 0.05) is 29.7 Å². The number of nitrogens with zero attached hydrogens (tertiary/aromatic N) is 2. The minimum atomic E-state index is -0.173. The highest BCUT2D eigenvalue weighted by molar-refractivity contribution is 14.0. The molecule has 118 valence electrons. The first-order valence-electron chi connectivity index (χ1n) is 7.63. The minimum absolute atomic E-state index is 0. The molecule has 2 aliphatic rings. The van der Waals surface area contributed by atoms with Crippen molar-refractivity contribution in [3.63, 3.8) is 0 Å². The van der Waals surface area contributed by atoms with Crippen LogP contribution in [0.3, 0.4) is 0 Å². The van der Waals surface area contributed by atoms with E-state index in [2.05, 4.69) is 9.80 Å². The second-order valence-electron chi connectivity index (χ2n) is 5.94. The fourth-order valence-electron chi connectivity index (χ4n) is 3.46. The second kappa shape index (κ2) is 8.09. The monoisotopic (exact) mass is 424 g/mol. The molecule has 3 rings (SSSR count). The predicted octanol–water partition coefficient (Wildman–Crippen LogP) is 3.81. The molecule has 2 aliphatic heterocycles. The van der Waals surface area contributed by atoms with Gasteiger partial charge < -0.3 is 4.90 Å². The molecule has 2 saturated heterocycles. The van der Waals surface area contributed by atoms with E-state index in [-0.39, 0.29) is 29.8 Å². The molecule has 0 saturated carbocycles. The molecule has 1 aromatic rings. The van der Waals surface area contributed by atoms with E-state index in [0.29, 0.717) is 23.0 Å². The van der Waals surface area contributed by atoms with Gasteiger partial charge in [-0.2, -0.15) is 0 Å². The van der Waals surface area contributed by atoms with Gasteiger partial charge in [0.2, 0.25) is 0 Å². The van der Waals surface area contributed by atoms with Crippen molar-refractivity contribution in [1.29, 1.82) is 0 Å². The number of hydrogen-bond acceptors (Lipinski definition) is 2. The third kappa shape index (κ3) is 4.30. The fourth-order valence-corrected chi connectivity index (χ4v) is 3.72. The van der Waals surface area contributed by atoms with E-state index in [9.17, 15) is 4.39 Å². The Morgan fingerprint density at radius 1 is 1.19 bits per heavy atom. The van der Waals surface area contributed by atoms with E-state index in [1.165, 1.54) is 38.4 Å². The van der Waals surface area contributed by atoms with Gasteiger partial charge in [0.05, 0.1) is 0 Å². The van der Waals surface area contributed by atoms with Crippen LogP contribution >= 0.6 is 35.6 Å². The standard InChI is InChI=1S/C16H22ClFN2.HI/c17-15-4-3-5-16(18)14(15)7-11-19-10-6-13(12-19)20-8-1-2-9-20;/h3-5,13H,1-2,6-12H2;1H. The molecule has 1 unspecified atom stereocenters. The van der Waals surface area contributed by atoms with Gasteiger partial charge in [0.25, 0.3) is 0 Å². The van der Waals surface area contributed by atoms with Gasteiger partial charge in [-0.1, -0.05) is 17.7 Å². The lowest BCUT2D eigenvalue weighted by molar-refractivity contribution is 0.233. The first-order chi connectivity index (χ1) is 9.74. The molecular weight excluding hydrogens is 402 g/mol. The third-order valence-corrected chi connectivity index (χ3v) is 5.00. The Hall–Kier alpha value is 0.0900. The average Bonchev–Trinajstić information content (AvgIpc) is 3.09. The summed E-state index contributed by atoms with van der Waals surface area (Å²) < 4.78 is 13.7. The molecule has 1 atom stereocenters. The van der Waals surface area contributed by atoms with Crippen LogP contribution in [-0.4, -0.2) is 48.6 Å². The maximum Gasteiger partial charge on any atom is 0.127 e. The molecule has 1 aromatic carbocycles. The van der Waals surface area contributed by atoms with Crippen LogP contribution < -0.4 is 0 Å². The van der Waals surface area contributed by atoms with Crippen LogP contribution in [0.15, 0.2) is 18.2 Å². The topological polar surface area (TPSA) is 6.48 Å². The molecule has 0 aromatic heterocycles. The number of halogens is 3. The Labute approximate surface area is 148 Å². The van der Waals surface area contributed by atoms with Crippen LogP contribution in [0, 0.1) is 5.82 Å². The lowest BCUT2D eigenvalue weighted by atomic mass is 10.1. The molecule has 0 spiro atoms. The zero-order chi connectivity index (χ0) is 13.9. The van der Waals surface area contributed by atoms with Crippen LogP contribution in [0.1, 0.15) is 24.8 Å². The summed E-state index contributed by atoms with van der Waals surface area (Å²) in [6, 6.07) is 5.66. The minimum Gasteiger partial charge on any atom is -0.301 e. The van der Waals surface area contributed by atoms with Gasteiger partial charge >= 0.3 is 0 Å². The lowest BCUT2D eigenvalue weighted by Crippen LogP contribution is -2.35. The van der Waals surface area contributed by atoms with E-state index in [0.717, 1.165) is 19.6 Å². The van der Waals surface area contributed by atoms with E-state index in [1.54, 1.807) is 12.1 Å². The second-order valence-corrected chi connectivity index (χ2v) is 6.34. The first kappa shape index (κ1) is 17.4. The van der Waals surface area contributed by atoms with Gasteiger partial charge in [0.1, 0.15) is 5.82 Å². The van der Waals surface area contributed by atoms with Gasteiger partial charge in [-0.25, -0.2) is 4.39 Å². The van der Waals surface area contributed by atoms with Gasteiger partial charge in [-0.3, -0.25) is 4.90 Å². The molecule has 0 aliphatic carbocycles. The highest BCUT2D eigenvalue weighted by Gasteiger charge is 2.28. The molecule has 2 nitrogen and oxygen atoms in total. The zero-order valence-corrected chi connectivity index (χ0v) is 15.3. The van der Waals surface area contributed by atoms with Crippen molar-refractivity contribution in [2.24, 2.45) is 0 Å². The van der Waals surface area contributed by atoms with Gasteiger partial charge in [0.15, 0.2) is 0 Å². The molecule has 0 bridgehead atoms. The SMILES string of the molecule is Fc1cccc(Cl)c1CCN1CCC(N2CCCC2)C1.I. The summed E-state index contributed by atoms with van der Waals surface area (Å²) in [6.45, 7) is 5.69. The van der Waals surface area contributed by atoms with Crippen molar-refractivity contribution in [2.45, 2.75) is 31.7 Å². The lowest BCUT2D eigenvalue weighted by Gasteiger charge is -2.23. The van der Waals surface area contributed by atoms with Crippen molar-refractivity contribution >= 4 is 35.6 Å². The van der Waals surface area contributed by atoms with Crippen molar-refractivity contribution in [3.05, 3.63) is 34.6 Å². The molecule has 0 amide bonds. The van der Waals surface area contributed by atoms with Gasteiger partial charge in [-0.15, -0.1) is 24.0 Å². The van der Waals surface area contributed by atoms with Crippen LogP contribution in [0.25, 0.3) is 0 Å². The molecular formula is C16H23ClFIN2. The van der Waals surface area contributed by atoms with Crippen molar-refractivity contribution < 1.29 is 4.39 Å². The Kier molecular flexibility index (Phi) is 6.72. The summed E-state index contributed by atoms with van der Waals surface area (Å²) in [6.07, 6.45) is 4.66. The van der Waals surface area contributed by atoms with E-state index in [4.69, 9.17) is 11.6 Å². The largest absolute Gasteiger partial charge is 0.301 e. The summed E-state index contributed by atoms with van der Waals surface area (Å²) in [4.78, 5) is 5.07. The fraction of sp³-hybridized carbons (Fsp3) is 0.625. The van der Waals surface area contributed by atoms with E-state index < -0.39 is 0 Å². The zero-order valence-electron chi connectivity index (χ0n) is 12.2. The summed E-state index contributed by atoms with van der Waals surface area (Å²) in [5.74, 6) is -0.173. The summed E-state index contributed by atoms with van der Waals surface area (Å²) in [7, 11) is 0. The Morgan fingerprint density at radius 2 is 1.95 bits per heavy atom. The van der Waals surface area contributed by atoms with Crippen molar-refractivity contribution in [1.82, 2.24) is 9.80 Å².